The highest BCUT2D eigenvalue weighted by Gasteiger charge is 2.30. The third-order valence-electron chi connectivity index (χ3n) is 2.27. The number of carboxylic acids is 1. The molecule has 21 heavy (non-hydrogen) atoms. The van der Waals surface area contributed by atoms with Gasteiger partial charge in [0.15, 0.2) is 0 Å². The largest absolute Gasteiger partial charge is 0.480 e. The van der Waals surface area contributed by atoms with E-state index >= 15 is 0 Å². The fourth-order valence-corrected chi connectivity index (χ4v) is 2.54. The lowest BCUT2D eigenvalue weighted by molar-refractivity contribution is -0.387. The molecule has 0 saturated heterocycles. The van der Waals surface area contributed by atoms with E-state index in [1.165, 1.54) is 4.72 Å². The second-order valence-electron chi connectivity index (χ2n) is 3.69. The summed E-state index contributed by atoms with van der Waals surface area (Å²) in [5.41, 5.74) is -1.30. The van der Waals surface area contributed by atoms with Crippen LogP contribution in [0.1, 0.15) is 0 Å². The first-order chi connectivity index (χ1) is 9.60. The number of sulfonamides is 1. The maximum absolute atomic E-state index is 13.5. The monoisotopic (exact) mass is 326 g/mol. The van der Waals surface area contributed by atoms with Gasteiger partial charge in [-0.3, -0.25) is 14.9 Å². The Hall–Kier alpha value is -2.18. The standard InChI is InChI=1S/C9H8F2N2O7S/c10-4-1-5(11)8(2-7(4)13(17)18)21(19,20)12-6(3-14)9(15)16/h1-2,6,12,14H,3H2,(H,15,16). The minimum absolute atomic E-state index is 0.0125. The van der Waals surface area contributed by atoms with Gasteiger partial charge in [0, 0.05) is 12.1 Å². The van der Waals surface area contributed by atoms with E-state index in [4.69, 9.17) is 10.2 Å². The van der Waals surface area contributed by atoms with Crippen LogP contribution in [0.2, 0.25) is 0 Å². The number of nitrogens with one attached hydrogen (secondary N) is 1. The highest BCUT2D eigenvalue weighted by Crippen LogP contribution is 2.24. The molecule has 0 fully saturated rings. The number of nitrogens with zero attached hydrogens (tertiary/aromatic N) is 1. The Bertz CT molecular complexity index is 692. The summed E-state index contributed by atoms with van der Waals surface area (Å²) in [4.78, 5) is 18.5. The summed E-state index contributed by atoms with van der Waals surface area (Å²) in [6.45, 7) is -1.14. The van der Waals surface area contributed by atoms with Crippen molar-refractivity contribution in [2.24, 2.45) is 0 Å². The Morgan fingerprint density at radius 1 is 1.38 bits per heavy atom. The molecule has 0 heterocycles. The number of nitro groups is 1. The molecule has 116 valence electrons. The Kier molecular flexibility index (Phi) is 4.88. The minimum atomic E-state index is -4.86. The van der Waals surface area contributed by atoms with E-state index in [-0.39, 0.29) is 12.1 Å². The van der Waals surface area contributed by atoms with Crippen molar-refractivity contribution in [3.05, 3.63) is 33.9 Å². The molecule has 1 aromatic carbocycles. The average molecular weight is 326 g/mol. The van der Waals surface area contributed by atoms with E-state index in [0.29, 0.717) is 0 Å². The Morgan fingerprint density at radius 2 is 1.95 bits per heavy atom. The maximum Gasteiger partial charge on any atom is 0.324 e. The SMILES string of the molecule is O=C(O)C(CO)NS(=O)(=O)c1cc([N+](=O)[O-])c(F)cc1F. The third kappa shape index (κ3) is 3.68. The summed E-state index contributed by atoms with van der Waals surface area (Å²) in [7, 11) is -4.86. The van der Waals surface area contributed by atoms with Crippen molar-refractivity contribution < 1.29 is 37.1 Å². The number of carboxylic acid groups (broad SMARTS) is 1. The van der Waals surface area contributed by atoms with Gasteiger partial charge >= 0.3 is 11.7 Å². The van der Waals surface area contributed by atoms with Crippen LogP contribution in [0.25, 0.3) is 0 Å². The molecule has 0 aliphatic rings. The van der Waals surface area contributed by atoms with Crippen molar-refractivity contribution in [3.63, 3.8) is 0 Å². The fraction of sp³-hybridized carbons (Fsp3) is 0.222. The molecule has 1 aromatic rings. The summed E-state index contributed by atoms with van der Waals surface area (Å²) >= 11 is 0. The molecule has 0 radical (unpaired) electrons. The van der Waals surface area contributed by atoms with Gasteiger partial charge in [-0.1, -0.05) is 0 Å². The number of aliphatic hydroxyl groups excluding tert-OH is 1. The summed E-state index contributed by atoms with van der Waals surface area (Å²) in [6.07, 6.45) is 0. The highest BCUT2D eigenvalue weighted by molar-refractivity contribution is 7.89. The van der Waals surface area contributed by atoms with E-state index in [0.717, 1.165) is 0 Å². The van der Waals surface area contributed by atoms with Crippen LogP contribution < -0.4 is 4.72 Å². The van der Waals surface area contributed by atoms with Gasteiger partial charge < -0.3 is 10.2 Å². The summed E-state index contributed by atoms with van der Waals surface area (Å²) < 4.78 is 51.5. The molecule has 1 rings (SSSR count). The van der Waals surface area contributed by atoms with E-state index in [2.05, 4.69) is 0 Å². The van der Waals surface area contributed by atoms with Gasteiger partial charge in [-0.15, -0.1) is 0 Å². The number of rotatable bonds is 6. The van der Waals surface area contributed by atoms with Crippen molar-refractivity contribution in [1.29, 1.82) is 0 Å². The lowest BCUT2D eigenvalue weighted by Gasteiger charge is -2.12. The number of carbonyl (C=O) groups is 1. The maximum atomic E-state index is 13.5. The van der Waals surface area contributed by atoms with Crippen LogP contribution in [0.15, 0.2) is 17.0 Å². The normalized spacial score (nSPS) is 12.9. The molecular weight excluding hydrogens is 318 g/mol. The first-order valence-corrected chi connectivity index (χ1v) is 6.58. The van der Waals surface area contributed by atoms with E-state index in [1.54, 1.807) is 0 Å². The van der Waals surface area contributed by atoms with Crippen molar-refractivity contribution in [3.8, 4) is 0 Å². The zero-order valence-corrected chi connectivity index (χ0v) is 10.8. The number of benzene rings is 1. The Balaban J connectivity index is 3.35. The lowest BCUT2D eigenvalue weighted by Crippen LogP contribution is -2.43. The number of aliphatic hydroxyl groups is 1. The van der Waals surface area contributed by atoms with Crippen LogP contribution in [-0.4, -0.2) is 42.2 Å². The van der Waals surface area contributed by atoms with Crippen molar-refractivity contribution in [2.45, 2.75) is 10.9 Å². The predicted octanol–water partition coefficient (Wildman–Crippen LogP) is -0.403. The molecule has 9 nitrogen and oxygen atoms in total. The van der Waals surface area contributed by atoms with Crippen molar-refractivity contribution in [1.82, 2.24) is 4.72 Å². The van der Waals surface area contributed by atoms with E-state index < -0.39 is 55.8 Å². The number of aliphatic carboxylic acids is 1. The summed E-state index contributed by atoms with van der Waals surface area (Å²) in [5, 5.41) is 27.8. The van der Waals surface area contributed by atoms with Crippen LogP contribution >= 0.6 is 0 Å². The van der Waals surface area contributed by atoms with Gasteiger partial charge in [0.25, 0.3) is 0 Å². The van der Waals surface area contributed by atoms with Gasteiger partial charge in [0.2, 0.25) is 15.8 Å². The Morgan fingerprint density at radius 3 is 2.38 bits per heavy atom. The van der Waals surface area contributed by atoms with Crippen LogP contribution in [0.5, 0.6) is 0 Å². The zero-order valence-electron chi connectivity index (χ0n) is 9.99. The number of nitro benzene ring substituents is 1. The van der Waals surface area contributed by atoms with Gasteiger partial charge in [-0.2, -0.15) is 9.11 Å². The smallest absolute Gasteiger partial charge is 0.324 e. The first kappa shape index (κ1) is 16.9. The molecule has 1 unspecified atom stereocenters. The molecular formula is C9H8F2N2O7S. The van der Waals surface area contributed by atoms with Gasteiger partial charge in [0.1, 0.15) is 16.8 Å². The summed E-state index contributed by atoms with van der Waals surface area (Å²) in [6, 6.07) is -1.89. The zero-order chi connectivity index (χ0) is 16.4. The quantitative estimate of drug-likeness (QED) is 0.476. The van der Waals surface area contributed by atoms with Crippen molar-refractivity contribution >= 4 is 21.7 Å². The minimum Gasteiger partial charge on any atom is -0.480 e. The molecule has 0 aliphatic carbocycles. The van der Waals surface area contributed by atoms with Crippen LogP contribution in [0.3, 0.4) is 0 Å². The predicted molar refractivity (Wildman–Crippen MR) is 61.8 cm³/mol. The molecule has 1 atom stereocenters. The van der Waals surface area contributed by atoms with Gasteiger partial charge in [0.05, 0.1) is 11.5 Å². The average Bonchev–Trinajstić information content (AvgIpc) is 2.34. The second kappa shape index (κ2) is 6.07. The van der Waals surface area contributed by atoms with Crippen LogP contribution in [0, 0.1) is 21.7 Å². The van der Waals surface area contributed by atoms with Crippen molar-refractivity contribution in [2.75, 3.05) is 6.61 Å². The number of hydrogen-bond acceptors (Lipinski definition) is 6. The van der Waals surface area contributed by atoms with Crippen LogP contribution in [-0.2, 0) is 14.8 Å². The molecule has 0 saturated carbocycles. The molecule has 0 amide bonds. The molecule has 0 aliphatic heterocycles. The molecule has 3 N–H and O–H groups in total. The number of halogens is 2. The Labute approximate surface area is 116 Å². The molecule has 12 heteroatoms. The lowest BCUT2D eigenvalue weighted by atomic mass is 10.3. The second-order valence-corrected chi connectivity index (χ2v) is 5.37. The van der Waals surface area contributed by atoms with E-state index in [1.807, 2.05) is 0 Å². The van der Waals surface area contributed by atoms with Crippen LogP contribution in [0.4, 0.5) is 14.5 Å². The first-order valence-electron chi connectivity index (χ1n) is 5.09. The highest BCUT2D eigenvalue weighted by atomic mass is 32.2. The molecule has 0 spiro atoms. The molecule has 0 aromatic heterocycles. The fourth-order valence-electron chi connectivity index (χ4n) is 1.28. The topological polar surface area (TPSA) is 147 Å². The van der Waals surface area contributed by atoms with Gasteiger partial charge in [-0.05, 0) is 0 Å². The molecule has 0 bridgehead atoms. The van der Waals surface area contributed by atoms with Gasteiger partial charge in [-0.25, -0.2) is 12.8 Å². The number of hydrogen-bond donors (Lipinski definition) is 3. The third-order valence-corrected chi connectivity index (χ3v) is 3.75. The van der Waals surface area contributed by atoms with E-state index in [9.17, 15) is 32.1 Å². The summed E-state index contributed by atoms with van der Waals surface area (Å²) in [5.74, 6) is -4.99.